The van der Waals surface area contributed by atoms with Crippen molar-refractivity contribution in [2.45, 2.75) is 6.92 Å². The maximum atomic E-state index is 12.1. The lowest BCUT2D eigenvalue weighted by Gasteiger charge is -2.04. The topological polar surface area (TPSA) is 112 Å². The summed E-state index contributed by atoms with van der Waals surface area (Å²) in [6.45, 7) is 2.40. The van der Waals surface area contributed by atoms with E-state index in [1.54, 1.807) is 24.3 Å². The van der Waals surface area contributed by atoms with E-state index in [2.05, 4.69) is 10.5 Å². The van der Waals surface area contributed by atoms with Gasteiger partial charge in [-0.05, 0) is 37.3 Å². The number of rotatable bonds is 6. The lowest BCUT2D eigenvalue weighted by Crippen LogP contribution is -2.17. The largest absolute Gasteiger partial charge is 0.494 e. The van der Waals surface area contributed by atoms with Crippen LogP contribution in [-0.4, -0.2) is 30.4 Å². The molecule has 0 atom stereocenters. The molecule has 1 heterocycles. The average Bonchev–Trinajstić information content (AvgIpc) is 3.09. The molecule has 2 aromatic rings. The van der Waals surface area contributed by atoms with Gasteiger partial charge in [-0.1, -0.05) is 0 Å². The van der Waals surface area contributed by atoms with Crippen LogP contribution >= 0.6 is 0 Å². The molecule has 0 radical (unpaired) electrons. The molecule has 0 unspecified atom stereocenters. The first-order valence-electron chi connectivity index (χ1n) is 7.72. The Labute approximate surface area is 148 Å². The summed E-state index contributed by atoms with van der Waals surface area (Å²) in [6, 6.07) is 9.23. The van der Waals surface area contributed by atoms with E-state index in [1.165, 1.54) is 18.3 Å². The van der Waals surface area contributed by atoms with Gasteiger partial charge >= 0.3 is 0 Å². The number of nitro groups is 1. The fraction of sp³-hybridized carbons (Fsp3) is 0.176. The molecule has 0 saturated heterocycles. The Morgan fingerprint density at radius 1 is 1.31 bits per heavy atom. The van der Waals surface area contributed by atoms with Crippen molar-refractivity contribution in [3.8, 4) is 17.2 Å². The number of carbonyl (C=O) groups is 1. The van der Waals surface area contributed by atoms with Gasteiger partial charge in [0.25, 0.3) is 11.6 Å². The summed E-state index contributed by atoms with van der Waals surface area (Å²) >= 11 is 0. The second-order valence-corrected chi connectivity index (χ2v) is 5.18. The van der Waals surface area contributed by atoms with E-state index < -0.39 is 10.8 Å². The number of nitro benzene ring substituents is 1. The molecule has 134 valence electrons. The van der Waals surface area contributed by atoms with Crippen molar-refractivity contribution in [1.29, 1.82) is 0 Å². The molecule has 9 heteroatoms. The predicted octanol–water partition coefficient (Wildman–Crippen LogP) is 2.49. The lowest BCUT2D eigenvalue weighted by molar-refractivity contribution is -0.385. The van der Waals surface area contributed by atoms with Crippen molar-refractivity contribution >= 4 is 17.8 Å². The Kier molecular flexibility index (Phi) is 4.97. The van der Waals surface area contributed by atoms with Crippen molar-refractivity contribution in [2.24, 2.45) is 5.10 Å². The van der Waals surface area contributed by atoms with Crippen LogP contribution in [0.4, 0.5) is 5.69 Å². The number of hydrazone groups is 1. The van der Waals surface area contributed by atoms with Crippen LogP contribution in [-0.2, 0) is 0 Å². The van der Waals surface area contributed by atoms with Crippen molar-refractivity contribution in [1.82, 2.24) is 5.43 Å². The van der Waals surface area contributed by atoms with E-state index in [-0.39, 0.29) is 18.0 Å². The van der Waals surface area contributed by atoms with E-state index in [0.717, 1.165) is 0 Å². The zero-order chi connectivity index (χ0) is 18.5. The fourth-order valence-electron chi connectivity index (χ4n) is 2.30. The van der Waals surface area contributed by atoms with Gasteiger partial charge in [0.1, 0.15) is 5.75 Å². The highest BCUT2D eigenvalue weighted by atomic mass is 16.7. The zero-order valence-corrected chi connectivity index (χ0v) is 13.8. The molecule has 0 spiro atoms. The first kappa shape index (κ1) is 17.2. The van der Waals surface area contributed by atoms with E-state index in [0.29, 0.717) is 29.4 Å². The third kappa shape index (κ3) is 3.72. The van der Waals surface area contributed by atoms with Gasteiger partial charge in [-0.2, -0.15) is 5.10 Å². The summed E-state index contributed by atoms with van der Waals surface area (Å²) in [4.78, 5) is 22.7. The van der Waals surface area contributed by atoms with Gasteiger partial charge in [-0.25, -0.2) is 5.43 Å². The van der Waals surface area contributed by atoms with E-state index >= 15 is 0 Å². The van der Waals surface area contributed by atoms with E-state index in [1.807, 2.05) is 6.92 Å². The molecule has 2 aromatic carbocycles. The minimum absolute atomic E-state index is 0.00155. The van der Waals surface area contributed by atoms with E-state index in [9.17, 15) is 14.9 Å². The Bertz CT molecular complexity index is 864. The number of amides is 1. The molecule has 9 nitrogen and oxygen atoms in total. The normalized spacial score (nSPS) is 12.2. The molecule has 1 amide bonds. The number of hydrogen-bond donors (Lipinski definition) is 1. The molecule has 0 fully saturated rings. The molecule has 0 bridgehead atoms. The Hall–Kier alpha value is -3.62. The lowest BCUT2D eigenvalue weighted by atomic mass is 10.1. The summed E-state index contributed by atoms with van der Waals surface area (Å²) in [7, 11) is 0. The van der Waals surface area contributed by atoms with Crippen molar-refractivity contribution in [2.75, 3.05) is 13.4 Å². The molecule has 1 aliphatic heterocycles. The van der Waals surface area contributed by atoms with Gasteiger partial charge in [0.15, 0.2) is 11.5 Å². The highest BCUT2D eigenvalue weighted by molar-refractivity contribution is 5.95. The zero-order valence-electron chi connectivity index (χ0n) is 13.8. The standard InChI is InChI=1S/C17H15N3O6/c1-2-24-13-5-3-11(4-6-13)17(21)19-18-9-12-7-15-16(26-10-25-15)8-14(12)20(22)23/h3-9H,2,10H2,1H3,(H,19,21)/b18-9+. The molecule has 0 saturated carbocycles. The monoisotopic (exact) mass is 357 g/mol. The quantitative estimate of drug-likeness (QED) is 0.483. The van der Waals surface area contributed by atoms with Crippen LogP contribution in [0.15, 0.2) is 41.5 Å². The predicted molar refractivity (Wildman–Crippen MR) is 91.9 cm³/mol. The number of ether oxygens (including phenoxy) is 3. The molecule has 0 aromatic heterocycles. The summed E-state index contributed by atoms with van der Waals surface area (Å²) < 4.78 is 15.6. The van der Waals surface area contributed by atoms with Gasteiger partial charge in [0.05, 0.1) is 29.4 Å². The molecule has 0 aliphatic carbocycles. The van der Waals surface area contributed by atoms with Crippen LogP contribution in [0.1, 0.15) is 22.8 Å². The maximum absolute atomic E-state index is 12.1. The highest BCUT2D eigenvalue weighted by Crippen LogP contribution is 2.37. The highest BCUT2D eigenvalue weighted by Gasteiger charge is 2.22. The van der Waals surface area contributed by atoms with Crippen LogP contribution < -0.4 is 19.6 Å². The Balaban J connectivity index is 1.72. The van der Waals surface area contributed by atoms with Gasteiger partial charge in [-0.15, -0.1) is 0 Å². The van der Waals surface area contributed by atoms with Gasteiger partial charge < -0.3 is 14.2 Å². The minimum atomic E-state index is -0.558. The number of fused-ring (bicyclic) bond motifs is 1. The SMILES string of the molecule is CCOc1ccc(C(=O)N/N=C/c2cc3c(cc2[N+](=O)[O-])OCO3)cc1. The summed E-state index contributed by atoms with van der Waals surface area (Å²) in [6.07, 6.45) is 1.19. The van der Waals surface area contributed by atoms with Crippen molar-refractivity contribution in [3.05, 3.63) is 57.6 Å². The molecular weight excluding hydrogens is 342 g/mol. The Morgan fingerprint density at radius 3 is 2.65 bits per heavy atom. The molecule has 3 rings (SSSR count). The molecule has 1 aliphatic rings. The maximum Gasteiger partial charge on any atom is 0.282 e. The number of hydrogen-bond acceptors (Lipinski definition) is 7. The van der Waals surface area contributed by atoms with Crippen LogP contribution in [0, 0.1) is 10.1 Å². The van der Waals surface area contributed by atoms with Crippen LogP contribution in [0.5, 0.6) is 17.2 Å². The van der Waals surface area contributed by atoms with Crippen LogP contribution in [0.3, 0.4) is 0 Å². The molecule has 1 N–H and O–H groups in total. The van der Waals surface area contributed by atoms with E-state index in [4.69, 9.17) is 14.2 Å². The summed E-state index contributed by atoms with van der Waals surface area (Å²) in [5.74, 6) is 0.887. The fourth-order valence-corrected chi connectivity index (χ4v) is 2.30. The Morgan fingerprint density at radius 2 is 2.00 bits per heavy atom. The van der Waals surface area contributed by atoms with Gasteiger partial charge in [0.2, 0.25) is 6.79 Å². The number of carbonyl (C=O) groups excluding carboxylic acids is 1. The first-order chi connectivity index (χ1) is 12.6. The molecule has 26 heavy (non-hydrogen) atoms. The third-order valence-electron chi connectivity index (χ3n) is 3.52. The van der Waals surface area contributed by atoms with Gasteiger partial charge in [-0.3, -0.25) is 14.9 Å². The number of benzene rings is 2. The smallest absolute Gasteiger partial charge is 0.282 e. The van der Waals surface area contributed by atoms with Crippen LogP contribution in [0.2, 0.25) is 0 Å². The van der Waals surface area contributed by atoms with Crippen LogP contribution in [0.25, 0.3) is 0 Å². The summed E-state index contributed by atoms with van der Waals surface area (Å²) in [5, 5.41) is 15.0. The first-order valence-corrected chi connectivity index (χ1v) is 7.72. The number of nitrogens with one attached hydrogen (secondary N) is 1. The molecular formula is C17H15N3O6. The third-order valence-corrected chi connectivity index (χ3v) is 3.52. The summed E-state index contributed by atoms with van der Waals surface area (Å²) in [5.41, 5.74) is 2.69. The second kappa shape index (κ2) is 7.51. The average molecular weight is 357 g/mol. The second-order valence-electron chi connectivity index (χ2n) is 5.18. The minimum Gasteiger partial charge on any atom is -0.494 e. The number of nitrogens with zero attached hydrogens (tertiary/aromatic N) is 2. The van der Waals surface area contributed by atoms with Crippen molar-refractivity contribution < 1.29 is 23.9 Å². The van der Waals surface area contributed by atoms with Crippen molar-refractivity contribution in [3.63, 3.8) is 0 Å². The van der Waals surface area contributed by atoms with Gasteiger partial charge in [0, 0.05) is 5.56 Å².